The zero-order chi connectivity index (χ0) is 14.7. The van der Waals surface area contributed by atoms with E-state index >= 15 is 0 Å². The molecule has 0 fully saturated rings. The first-order valence-corrected chi connectivity index (χ1v) is 6.87. The number of thiophene rings is 1. The Morgan fingerprint density at radius 1 is 1.40 bits per heavy atom. The summed E-state index contributed by atoms with van der Waals surface area (Å²) in [4.78, 5) is 23.8. The Kier molecular flexibility index (Phi) is 4.36. The van der Waals surface area contributed by atoms with Crippen molar-refractivity contribution in [1.29, 1.82) is 0 Å². The zero-order valence-corrected chi connectivity index (χ0v) is 12.0. The first-order chi connectivity index (χ1) is 9.54. The molecule has 2 N–H and O–H groups in total. The summed E-state index contributed by atoms with van der Waals surface area (Å²) < 4.78 is 5.81. The fraction of sp³-hybridized carbons (Fsp3) is 0.286. The van der Waals surface area contributed by atoms with Crippen molar-refractivity contribution in [2.24, 2.45) is 0 Å². The molecule has 0 bridgehead atoms. The van der Waals surface area contributed by atoms with Crippen molar-refractivity contribution >= 4 is 33.3 Å². The predicted molar refractivity (Wildman–Crippen MR) is 77.3 cm³/mol. The van der Waals surface area contributed by atoms with E-state index < -0.39 is 12.0 Å². The van der Waals surface area contributed by atoms with Crippen LogP contribution < -0.4 is 5.32 Å². The second-order valence-electron chi connectivity index (χ2n) is 4.37. The lowest BCUT2D eigenvalue weighted by atomic mass is 10.1. The number of aliphatic carboxylic acids is 1. The minimum Gasteiger partial charge on any atom is -0.480 e. The van der Waals surface area contributed by atoms with Crippen molar-refractivity contribution in [2.45, 2.75) is 13.0 Å². The van der Waals surface area contributed by atoms with E-state index in [0.717, 1.165) is 15.6 Å². The number of nitrogens with one attached hydrogen (secondary N) is 1. The summed E-state index contributed by atoms with van der Waals surface area (Å²) in [5.74, 6) is -1.49. The molecular weight excluding hydrogens is 278 g/mol. The molecule has 6 heteroatoms. The summed E-state index contributed by atoms with van der Waals surface area (Å²) in [6.07, 6.45) is 0. The van der Waals surface area contributed by atoms with Crippen LogP contribution in [0.3, 0.4) is 0 Å². The molecule has 1 amide bonds. The number of amides is 1. The van der Waals surface area contributed by atoms with Crippen LogP contribution in [0, 0.1) is 6.92 Å². The summed E-state index contributed by atoms with van der Waals surface area (Å²) in [6, 6.07) is 6.66. The number of hydrogen-bond donors (Lipinski definition) is 2. The van der Waals surface area contributed by atoms with Crippen LogP contribution in [0.15, 0.2) is 24.3 Å². The minimum atomic E-state index is -1.11. The minimum absolute atomic E-state index is 0.0645. The third-order valence-corrected chi connectivity index (χ3v) is 4.26. The van der Waals surface area contributed by atoms with E-state index in [0.29, 0.717) is 4.88 Å². The van der Waals surface area contributed by atoms with Crippen LogP contribution in [0.4, 0.5) is 0 Å². The zero-order valence-electron chi connectivity index (χ0n) is 11.2. The molecule has 0 saturated carbocycles. The lowest BCUT2D eigenvalue weighted by molar-refractivity contribution is -0.140. The van der Waals surface area contributed by atoms with Crippen molar-refractivity contribution in [3.05, 3.63) is 34.7 Å². The number of hydrogen-bond acceptors (Lipinski definition) is 4. The molecule has 1 atom stereocenters. The largest absolute Gasteiger partial charge is 0.480 e. The maximum atomic E-state index is 12.2. The molecule has 106 valence electrons. The number of carbonyl (C=O) groups excluding carboxylic acids is 1. The van der Waals surface area contributed by atoms with E-state index in [2.05, 4.69) is 5.32 Å². The maximum absolute atomic E-state index is 12.2. The van der Waals surface area contributed by atoms with Gasteiger partial charge < -0.3 is 15.2 Å². The Labute approximate surface area is 120 Å². The van der Waals surface area contributed by atoms with Gasteiger partial charge in [0.2, 0.25) is 0 Å². The topological polar surface area (TPSA) is 75.6 Å². The van der Waals surface area contributed by atoms with Gasteiger partial charge in [0, 0.05) is 11.8 Å². The molecule has 1 heterocycles. The molecule has 20 heavy (non-hydrogen) atoms. The Morgan fingerprint density at radius 3 is 2.70 bits per heavy atom. The molecule has 0 radical (unpaired) electrons. The van der Waals surface area contributed by atoms with Gasteiger partial charge in [-0.3, -0.25) is 4.79 Å². The van der Waals surface area contributed by atoms with Gasteiger partial charge >= 0.3 is 5.97 Å². The van der Waals surface area contributed by atoms with Crippen molar-refractivity contribution in [2.75, 3.05) is 13.7 Å². The van der Waals surface area contributed by atoms with Gasteiger partial charge in [0.1, 0.15) is 0 Å². The Balaban J connectivity index is 2.27. The SMILES string of the molecule is COCC(NC(=O)c1sc2ccccc2c1C)C(=O)O. The number of fused-ring (bicyclic) bond motifs is 1. The highest BCUT2D eigenvalue weighted by atomic mass is 32.1. The van der Waals surface area contributed by atoms with E-state index in [1.807, 2.05) is 31.2 Å². The van der Waals surface area contributed by atoms with E-state index in [4.69, 9.17) is 9.84 Å². The highest BCUT2D eigenvalue weighted by Crippen LogP contribution is 2.30. The van der Waals surface area contributed by atoms with Gasteiger partial charge in [-0.2, -0.15) is 0 Å². The van der Waals surface area contributed by atoms with E-state index in [1.165, 1.54) is 18.4 Å². The summed E-state index contributed by atoms with van der Waals surface area (Å²) in [6.45, 7) is 1.80. The summed E-state index contributed by atoms with van der Waals surface area (Å²) in [5.41, 5.74) is 0.865. The predicted octanol–water partition coefficient (Wildman–Crippen LogP) is 2.04. The van der Waals surface area contributed by atoms with Crippen LogP contribution in [0.2, 0.25) is 0 Å². The number of methoxy groups -OCH3 is 1. The summed E-state index contributed by atoms with van der Waals surface area (Å²) in [7, 11) is 1.40. The molecule has 0 aliphatic carbocycles. The van der Waals surface area contributed by atoms with E-state index in [-0.39, 0.29) is 12.5 Å². The molecule has 1 unspecified atom stereocenters. The van der Waals surface area contributed by atoms with E-state index in [9.17, 15) is 9.59 Å². The Bertz CT molecular complexity index is 650. The average Bonchev–Trinajstić information content (AvgIpc) is 2.76. The van der Waals surface area contributed by atoms with Crippen molar-refractivity contribution in [3.8, 4) is 0 Å². The second-order valence-corrected chi connectivity index (χ2v) is 5.42. The molecule has 2 aromatic rings. The highest BCUT2D eigenvalue weighted by molar-refractivity contribution is 7.21. The molecule has 2 rings (SSSR count). The van der Waals surface area contributed by atoms with Gasteiger partial charge in [0.15, 0.2) is 6.04 Å². The molecule has 0 spiro atoms. The van der Waals surface area contributed by atoms with Gasteiger partial charge in [-0.15, -0.1) is 11.3 Å². The monoisotopic (exact) mass is 293 g/mol. The highest BCUT2D eigenvalue weighted by Gasteiger charge is 2.23. The fourth-order valence-corrected chi connectivity index (χ4v) is 3.07. The molecule has 5 nitrogen and oxygen atoms in total. The average molecular weight is 293 g/mol. The second kappa shape index (κ2) is 6.02. The lowest BCUT2D eigenvalue weighted by Crippen LogP contribution is -2.43. The quantitative estimate of drug-likeness (QED) is 0.884. The normalized spacial score (nSPS) is 12.3. The number of rotatable bonds is 5. The maximum Gasteiger partial charge on any atom is 0.328 e. The smallest absolute Gasteiger partial charge is 0.328 e. The molecule has 1 aromatic heterocycles. The summed E-state index contributed by atoms with van der Waals surface area (Å²) in [5, 5.41) is 12.5. The van der Waals surface area contributed by atoms with Gasteiger partial charge in [-0.1, -0.05) is 18.2 Å². The van der Waals surface area contributed by atoms with Crippen LogP contribution in [-0.4, -0.2) is 36.7 Å². The Hall–Kier alpha value is -1.92. The number of carboxylic acids is 1. The third kappa shape index (κ3) is 2.81. The van der Waals surface area contributed by atoms with Gasteiger partial charge in [0.05, 0.1) is 11.5 Å². The van der Waals surface area contributed by atoms with Gasteiger partial charge in [-0.25, -0.2) is 4.79 Å². The van der Waals surface area contributed by atoms with Crippen LogP contribution in [-0.2, 0) is 9.53 Å². The molecule has 0 aliphatic rings. The molecule has 0 aliphatic heterocycles. The third-order valence-electron chi connectivity index (χ3n) is 2.99. The summed E-state index contributed by atoms with van der Waals surface area (Å²) >= 11 is 1.36. The number of ether oxygens (including phenoxy) is 1. The van der Waals surface area contributed by atoms with Crippen molar-refractivity contribution in [1.82, 2.24) is 5.32 Å². The molecule has 0 saturated heterocycles. The number of carboxylic acid groups (broad SMARTS) is 1. The van der Waals surface area contributed by atoms with Crippen LogP contribution in [0.1, 0.15) is 15.2 Å². The van der Waals surface area contributed by atoms with Crippen LogP contribution >= 0.6 is 11.3 Å². The van der Waals surface area contributed by atoms with Crippen molar-refractivity contribution in [3.63, 3.8) is 0 Å². The fourth-order valence-electron chi connectivity index (χ4n) is 1.96. The molecule has 1 aromatic carbocycles. The van der Waals surface area contributed by atoms with Crippen molar-refractivity contribution < 1.29 is 19.4 Å². The lowest BCUT2D eigenvalue weighted by Gasteiger charge is -2.12. The van der Waals surface area contributed by atoms with Crippen LogP contribution in [0.25, 0.3) is 10.1 Å². The first kappa shape index (κ1) is 14.5. The van der Waals surface area contributed by atoms with Crippen LogP contribution in [0.5, 0.6) is 0 Å². The van der Waals surface area contributed by atoms with Gasteiger partial charge in [-0.05, 0) is 23.9 Å². The standard InChI is InChI=1S/C14H15NO4S/c1-8-9-5-3-4-6-11(9)20-12(8)13(16)15-10(7-19-2)14(17)18/h3-6,10H,7H2,1-2H3,(H,15,16)(H,17,18). The number of benzene rings is 1. The van der Waals surface area contributed by atoms with Gasteiger partial charge in [0.25, 0.3) is 5.91 Å². The number of carbonyl (C=O) groups is 2. The molecular formula is C14H15NO4S. The number of aryl methyl sites for hydroxylation is 1. The first-order valence-electron chi connectivity index (χ1n) is 6.05. The Morgan fingerprint density at radius 2 is 2.10 bits per heavy atom. The van der Waals surface area contributed by atoms with E-state index in [1.54, 1.807) is 0 Å².